The molecule has 0 bridgehead atoms. The van der Waals surface area contributed by atoms with Gasteiger partial charge in [-0.05, 0) is 49.8 Å². The normalized spacial score (nSPS) is 17.9. The summed E-state index contributed by atoms with van der Waals surface area (Å²) in [4.78, 5) is 39.5. The Morgan fingerprint density at radius 2 is 1.86 bits per heavy atom. The van der Waals surface area contributed by atoms with Gasteiger partial charge in [0.25, 0.3) is 5.91 Å². The molecule has 0 aliphatic carbocycles. The summed E-state index contributed by atoms with van der Waals surface area (Å²) in [6.07, 6.45) is 2.39. The highest BCUT2D eigenvalue weighted by Crippen LogP contribution is 2.20. The van der Waals surface area contributed by atoms with Crippen molar-refractivity contribution < 1.29 is 19.1 Å². The number of benzene rings is 1. The molecule has 154 valence electrons. The third kappa shape index (κ3) is 5.57. The van der Waals surface area contributed by atoms with Crippen molar-refractivity contribution in [2.45, 2.75) is 53.0 Å². The van der Waals surface area contributed by atoms with Crippen molar-refractivity contribution in [1.29, 1.82) is 0 Å². The standard InChI is InChI=1S/C22H32N2O4/c1-5-16-9-11-17(12-10-16)20(25)23-19(15(3)4)21(26)24-13-7-8-18(14-24)22(27)28-6-2/h9-12,15,18-19H,5-8,13-14H2,1-4H3,(H,23,25). The van der Waals surface area contributed by atoms with Crippen LogP contribution in [0.2, 0.25) is 0 Å². The fourth-order valence-electron chi connectivity index (χ4n) is 3.46. The second kappa shape index (κ2) is 10.2. The fourth-order valence-corrected chi connectivity index (χ4v) is 3.46. The van der Waals surface area contributed by atoms with Crippen LogP contribution in [0.5, 0.6) is 0 Å². The molecule has 6 heteroatoms. The highest BCUT2D eigenvalue weighted by Gasteiger charge is 2.34. The molecule has 0 aromatic heterocycles. The number of carbonyl (C=O) groups excluding carboxylic acids is 3. The number of ether oxygens (including phenoxy) is 1. The average molecular weight is 389 g/mol. The zero-order chi connectivity index (χ0) is 20.7. The lowest BCUT2D eigenvalue weighted by atomic mass is 9.95. The van der Waals surface area contributed by atoms with E-state index >= 15 is 0 Å². The first-order valence-electron chi connectivity index (χ1n) is 10.2. The molecule has 1 saturated heterocycles. The number of likely N-dealkylation sites (tertiary alicyclic amines) is 1. The Morgan fingerprint density at radius 1 is 1.18 bits per heavy atom. The van der Waals surface area contributed by atoms with E-state index in [0.717, 1.165) is 24.8 Å². The van der Waals surface area contributed by atoms with Crippen molar-refractivity contribution in [2.24, 2.45) is 11.8 Å². The Labute approximate surface area is 167 Å². The Morgan fingerprint density at radius 3 is 2.43 bits per heavy atom. The van der Waals surface area contributed by atoms with Gasteiger partial charge in [0.1, 0.15) is 6.04 Å². The molecule has 28 heavy (non-hydrogen) atoms. The summed E-state index contributed by atoms with van der Waals surface area (Å²) in [5, 5.41) is 2.89. The molecule has 1 aromatic carbocycles. The maximum atomic E-state index is 13.1. The van der Waals surface area contributed by atoms with Crippen LogP contribution in [0.3, 0.4) is 0 Å². The summed E-state index contributed by atoms with van der Waals surface area (Å²) >= 11 is 0. The van der Waals surface area contributed by atoms with Gasteiger partial charge in [0.05, 0.1) is 12.5 Å². The Bertz CT molecular complexity index is 684. The molecule has 2 atom stereocenters. The van der Waals surface area contributed by atoms with Gasteiger partial charge in [-0.2, -0.15) is 0 Å². The first kappa shape index (κ1) is 21.9. The van der Waals surface area contributed by atoms with Crippen LogP contribution in [0.15, 0.2) is 24.3 Å². The van der Waals surface area contributed by atoms with Crippen LogP contribution in [-0.2, 0) is 20.7 Å². The lowest BCUT2D eigenvalue weighted by molar-refractivity contribution is -0.151. The van der Waals surface area contributed by atoms with Crippen LogP contribution in [0.4, 0.5) is 0 Å². The van der Waals surface area contributed by atoms with Gasteiger partial charge in [0.15, 0.2) is 0 Å². The number of amides is 2. The summed E-state index contributed by atoms with van der Waals surface area (Å²) in [6.45, 7) is 8.95. The molecule has 1 N–H and O–H groups in total. The number of hydrogen-bond donors (Lipinski definition) is 1. The summed E-state index contributed by atoms with van der Waals surface area (Å²) in [6, 6.07) is 6.80. The molecule has 2 rings (SSSR count). The highest BCUT2D eigenvalue weighted by atomic mass is 16.5. The molecule has 2 amide bonds. The van der Waals surface area contributed by atoms with Gasteiger partial charge < -0.3 is 15.0 Å². The van der Waals surface area contributed by atoms with E-state index in [4.69, 9.17) is 4.74 Å². The predicted molar refractivity (Wildman–Crippen MR) is 108 cm³/mol. The topological polar surface area (TPSA) is 75.7 Å². The Kier molecular flexibility index (Phi) is 8.03. The number of esters is 1. The van der Waals surface area contributed by atoms with Crippen LogP contribution in [0, 0.1) is 11.8 Å². The van der Waals surface area contributed by atoms with Gasteiger partial charge in [0, 0.05) is 18.7 Å². The smallest absolute Gasteiger partial charge is 0.310 e. The SMILES string of the molecule is CCOC(=O)C1CCCN(C(=O)C(NC(=O)c2ccc(CC)cc2)C(C)C)C1. The number of carbonyl (C=O) groups is 3. The molecule has 0 radical (unpaired) electrons. The van der Waals surface area contributed by atoms with Crippen LogP contribution in [-0.4, -0.2) is 48.4 Å². The molecular formula is C22H32N2O4. The number of hydrogen-bond acceptors (Lipinski definition) is 4. The summed E-state index contributed by atoms with van der Waals surface area (Å²) in [5.74, 6) is -0.991. The number of rotatable bonds is 7. The third-order valence-corrected chi connectivity index (χ3v) is 5.20. The molecule has 6 nitrogen and oxygen atoms in total. The maximum absolute atomic E-state index is 13.1. The van der Waals surface area contributed by atoms with Crippen molar-refractivity contribution in [3.8, 4) is 0 Å². The molecule has 1 aliphatic heterocycles. The largest absolute Gasteiger partial charge is 0.466 e. The lowest BCUT2D eigenvalue weighted by Crippen LogP contribution is -2.54. The van der Waals surface area contributed by atoms with Gasteiger partial charge in [-0.3, -0.25) is 14.4 Å². The van der Waals surface area contributed by atoms with Crippen molar-refractivity contribution >= 4 is 17.8 Å². The van der Waals surface area contributed by atoms with Crippen molar-refractivity contribution in [3.05, 3.63) is 35.4 Å². The zero-order valence-corrected chi connectivity index (χ0v) is 17.4. The summed E-state index contributed by atoms with van der Waals surface area (Å²) in [7, 11) is 0. The second-order valence-corrected chi connectivity index (χ2v) is 7.62. The highest BCUT2D eigenvalue weighted by molar-refractivity contribution is 5.97. The number of nitrogens with one attached hydrogen (secondary N) is 1. The molecule has 2 unspecified atom stereocenters. The second-order valence-electron chi connectivity index (χ2n) is 7.62. The minimum absolute atomic E-state index is 0.0608. The van der Waals surface area contributed by atoms with E-state index in [-0.39, 0.29) is 29.6 Å². The van der Waals surface area contributed by atoms with Crippen molar-refractivity contribution in [2.75, 3.05) is 19.7 Å². The molecule has 0 spiro atoms. The first-order chi connectivity index (χ1) is 13.4. The quantitative estimate of drug-likeness (QED) is 0.729. The fraction of sp³-hybridized carbons (Fsp3) is 0.591. The van der Waals surface area contributed by atoms with Crippen LogP contribution in [0.25, 0.3) is 0 Å². The molecule has 1 fully saturated rings. The minimum Gasteiger partial charge on any atom is -0.466 e. The molecule has 1 aromatic rings. The van der Waals surface area contributed by atoms with E-state index in [1.54, 1.807) is 24.0 Å². The summed E-state index contributed by atoms with van der Waals surface area (Å²) in [5.41, 5.74) is 1.70. The summed E-state index contributed by atoms with van der Waals surface area (Å²) < 4.78 is 5.11. The van der Waals surface area contributed by atoms with E-state index in [0.29, 0.717) is 25.3 Å². The third-order valence-electron chi connectivity index (χ3n) is 5.20. The Balaban J connectivity index is 2.06. The van der Waals surface area contributed by atoms with E-state index in [9.17, 15) is 14.4 Å². The maximum Gasteiger partial charge on any atom is 0.310 e. The van der Waals surface area contributed by atoms with Crippen molar-refractivity contribution in [3.63, 3.8) is 0 Å². The predicted octanol–water partition coefficient (Wildman–Crippen LogP) is 2.81. The van der Waals surface area contributed by atoms with Gasteiger partial charge in [-0.1, -0.05) is 32.9 Å². The van der Waals surface area contributed by atoms with E-state index < -0.39 is 6.04 Å². The van der Waals surface area contributed by atoms with Gasteiger partial charge >= 0.3 is 5.97 Å². The van der Waals surface area contributed by atoms with E-state index in [2.05, 4.69) is 12.2 Å². The van der Waals surface area contributed by atoms with Gasteiger partial charge in [-0.15, -0.1) is 0 Å². The van der Waals surface area contributed by atoms with Crippen LogP contribution >= 0.6 is 0 Å². The minimum atomic E-state index is -0.626. The molecule has 0 saturated carbocycles. The molecule has 1 aliphatic rings. The zero-order valence-electron chi connectivity index (χ0n) is 17.4. The molecule has 1 heterocycles. The van der Waals surface area contributed by atoms with Crippen molar-refractivity contribution in [1.82, 2.24) is 10.2 Å². The van der Waals surface area contributed by atoms with Crippen LogP contribution in [0.1, 0.15) is 56.5 Å². The van der Waals surface area contributed by atoms with Gasteiger partial charge in [-0.25, -0.2) is 0 Å². The number of nitrogens with zero attached hydrogens (tertiary/aromatic N) is 1. The van der Waals surface area contributed by atoms with E-state index in [1.165, 1.54) is 0 Å². The number of aryl methyl sites for hydroxylation is 1. The van der Waals surface area contributed by atoms with Crippen LogP contribution < -0.4 is 5.32 Å². The number of piperidine rings is 1. The monoisotopic (exact) mass is 388 g/mol. The lowest BCUT2D eigenvalue weighted by Gasteiger charge is -2.35. The Hall–Kier alpha value is -2.37. The molecular weight excluding hydrogens is 356 g/mol. The van der Waals surface area contributed by atoms with Gasteiger partial charge in [0.2, 0.25) is 5.91 Å². The van der Waals surface area contributed by atoms with E-state index in [1.807, 2.05) is 26.0 Å². The first-order valence-corrected chi connectivity index (χ1v) is 10.2. The average Bonchev–Trinajstić information content (AvgIpc) is 2.71.